The Morgan fingerprint density at radius 2 is 2.14 bits per heavy atom. The van der Waals surface area contributed by atoms with Crippen molar-refractivity contribution in [2.24, 2.45) is 0 Å². The molecular formula is C6H8Cl2F2N4. The van der Waals surface area contributed by atoms with Gasteiger partial charge in [0.15, 0.2) is 0 Å². The lowest BCUT2D eigenvalue weighted by atomic mass is 10.4. The monoisotopic (exact) mass is 244 g/mol. The molecule has 4 nitrogen and oxygen atoms in total. The highest BCUT2D eigenvalue weighted by Gasteiger charge is 2.36. The third-order valence-corrected chi connectivity index (χ3v) is 2.05. The van der Waals surface area contributed by atoms with Crippen LogP contribution in [0.25, 0.3) is 0 Å². The summed E-state index contributed by atoms with van der Waals surface area (Å²) in [6.45, 7) is 1.52. The molecule has 8 heteroatoms. The Bertz CT molecular complexity index is 322. The summed E-state index contributed by atoms with van der Waals surface area (Å²) in [6, 6.07) is 0. The lowest BCUT2D eigenvalue weighted by Gasteiger charge is -2.17. The third-order valence-electron chi connectivity index (χ3n) is 1.88. The molecule has 0 saturated heterocycles. The lowest BCUT2D eigenvalue weighted by Crippen LogP contribution is -2.30. The van der Waals surface area contributed by atoms with Gasteiger partial charge in [0, 0.05) is 13.1 Å². The van der Waals surface area contributed by atoms with E-state index in [0.717, 1.165) is 0 Å². The van der Waals surface area contributed by atoms with Gasteiger partial charge in [0.2, 0.25) is 5.82 Å². The third kappa shape index (κ3) is 1.97. The van der Waals surface area contributed by atoms with Gasteiger partial charge in [-0.25, -0.2) is 0 Å². The largest absolute Gasteiger partial charge is 0.381 e. The Morgan fingerprint density at radius 1 is 1.43 bits per heavy atom. The van der Waals surface area contributed by atoms with Crippen LogP contribution in [-0.2, 0) is 18.5 Å². The Kier molecular flexibility index (Phi) is 3.28. The van der Waals surface area contributed by atoms with E-state index in [1.54, 1.807) is 0 Å². The van der Waals surface area contributed by atoms with Crippen LogP contribution >= 0.6 is 24.0 Å². The number of nitrogens with one attached hydrogen (secondary N) is 1. The predicted octanol–water partition coefficient (Wildman–Crippen LogP) is 1.09. The molecule has 1 aliphatic rings. The Morgan fingerprint density at radius 3 is 2.79 bits per heavy atom. The molecule has 0 unspecified atom stereocenters. The number of rotatable bonds is 1. The highest BCUT2D eigenvalue weighted by molar-refractivity contribution is 6.21. The van der Waals surface area contributed by atoms with Crippen LogP contribution in [0.4, 0.5) is 8.78 Å². The number of hydrogen-bond donors (Lipinski definition) is 1. The second-order valence-corrected chi connectivity index (χ2v) is 3.24. The molecule has 0 spiro atoms. The molecule has 1 aromatic heterocycles. The SMILES string of the molecule is Cl.FC(F)(Cl)c1nnc2n1CCNC2. The zero-order valence-electron chi connectivity index (χ0n) is 7.01. The Hall–Kier alpha value is -0.460. The first-order chi connectivity index (χ1) is 6.09. The van der Waals surface area contributed by atoms with E-state index >= 15 is 0 Å². The van der Waals surface area contributed by atoms with Crippen molar-refractivity contribution in [2.75, 3.05) is 6.54 Å². The minimum Gasteiger partial charge on any atom is -0.308 e. The highest BCUT2D eigenvalue weighted by atomic mass is 35.5. The summed E-state index contributed by atoms with van der Waals surface area (Å²) in [5, 5.41) is 6.54. The van der Waals surface area contributed by atoms with E-state index in [9.17, 15) is 8.78 Å². The zero-order chi connectivity index (χ0) is 9.47. The number of alkyl halides is 3. The first-order valence-electron chi connectivity index (χ1n) is 3.79. The van der Waals surface area contributed by atoms with Gasteiger partial charge in [-0.2, -0.15) is 8.78 Å². The molecule has 2 rings (SSSR count). The van der Waals surface area contributed by atoms with Crippen LogP contribution < -0.4 is 5.32 Å². The van der Waals surface area contributed by atoms with E-state index in [2.05, 4.69) is 15.5 Å². The van der Waals surface area contributed by atoms with Crippen LogP contribution in [0.5, 0.6) is 0 Å². The molecule has 1 N–H and O–H groups in total. The maximum Gasteiger partial charge on any atom is 0.381 e. The molecule has 0 aliphatic carbocycles. The average molecular weight is 245 g/mol. The Balaban J connectivity index is 0.000000980. The summed E-state index contributed by atoms with van der Waals surface area (Å²) in [5.41, 5.74) is 0. The van der Waals surface area contributed by atoms with E-state index < -0.39 is 11.2 Å². The summed E-state index contributed by atoms with van der Waals surface area (Å²) in [7, 11) is 0. The van der Waals surface area contributed by atoms with Crippen LogP contribution in [0, 0.1) is 0 Å². The number of fused-ring (bicyclic) bond motifs is 1. The molecule has 0 bridgehead atoms. The first kappa shape index (κ1) is 11.6. The smallest absolute Gasteiger partial charge is 0.308 e. The molecule has 0 aromatic carbocycles. The van der Waals surface area contributed by atoms with Crippen molar-refractivity contribution in [3.63, 3.8) is 0 Å². The fourth-order valence-corrected chi connectivity index (χ4v) is 1.44. The van der Waals surface area contributed by atoms with Crippen LogP contribution in [-0.4, -0.2) is 21.3 Å². The number of aromatic nitrogens is 3. The van der Waals surface area contributed by atoms with E-state index in [4.69, 9.17) is 11.6 Å². The molecule has 0 saturated carbocycles. The molecule has 0 atom stereocenters. The predicted molar refractivity (Wildman–Crippen MR) is 48.7 cm³/mol. The van der Waals surface area contributed by atoms with Gasteiger partial charge >= 0.3 is 5.38 Å². The fourth-order valence-electron chi connectivity index (χ4n) is 1.30. The van der Waals surface area contributed by atoms with Crippen molar-refractivity contribution < 1.29 is 8.78 Å². The molecule has 1 aliphatic heterocycles. The first-order valence-corrected chi connectivity index (χ1v) is 4.17. The van der Waals surface area contributed by atoms with Crippen LogP contribution in [0.2, 0.25) is 0 Å². The standard InChI is InChI=1S/C6H7ClF2N4.ClH/c7-6(8,9)5-12-11-4-3-10-1-2-13(4)5;/h10H,1-3H2;1H. The van der Waals surface area contributed by atoms with Crippen LogP contribution in [0.3, 0.4) is 0 Å². The van der Waals surface area contributed by atoms with E-state index in [1.807, 2.05) is 0 Å². The molecule has 0 fully saturated rings. The van der Waals surface area contributed by atoms with Gasteiger partial charge < -0.3 is 9.88 Å². The topological polar surface area (TPSA) is 42.7 Å². The van der Waals surface area contributed by atoms with Gasteiger partial charge in [0.25, 0.3) is 0 Å². The molecular weight excluding hydrogens is 237 g/mol. The Labute approximate surface area is 90.0 Å². The van der Waals surface area contributed by atoms with Gasteiger partial charge in [0.1, 0.15) is 5.82 Å². The summed E-state index contributed by atoms with van der Waals surface area (Å²) in [4.78, 5) is 0. The fraction of sp³-hybridized carbons (Fsp3) is 0.667. The van der Waals surface area contributed by atoms with Crippen molar-refractivity contribution in [3.05, 3.63) is 11.6 Å². The van der Waals surface area contributed by atoms with Gasteiger partial charge in [-0.3, -0.25) is 0 Å². The second-order valence-electron chi connectivity index (χ2n) is 2.77. The minimum atomic E-state index is -3.43. The van der Waals surface area contributed by atoms with E-state index in [1.165, 1.54) is 4.57 Å². The van der Waals surface area contributed by atoms with E-state index in [0.29, 0.717) is 25.5 Å². The van der Waals surface area contributed by atoms with Crippen molar-refractivity contribution in [2.45, 2.75) is 18.5 Å². The summed E-state index contributed by atoms with van der Waals surface area (Å²) >= 11 is 4.86. The number of nitrogens with zero attached hydrogens (tertiary/aromatic N) is 3. The van der Waals surface area contributed by atoms with Crippen LogP contribution in [0.15, 0.2) is 0 Å². The van der Waals surface area contributed by atoms with Crippen molar-refractivity contribution in [1.82, 2.24) is 20.1 Å². The van der Waals surface area contributed by atoms with E-state index in [-0.39, 0.29) is 12.4 Å². The maximum atomic E-state index is 12.7. The van der Waals surface area contributed by atoms with Crippen molar-refractivity contribution in [1.29, 1.82) is 0 Å². The summed E-state index contributed by atoms with van der Waals surface area (Å²) < 4.78 is 26.7. The average Bonchev–Trinajstić information content (AvgIpc) is 2.45. The molecule has 1 aromatic rings. The van der Waals surface area contributed by atoms with Gasteiger partial charge in [0.05, 0.1) is 6.54 Å². The van der Waals surface area contributed by atoms with Crippen molar-refractivity contribution in [3.8, 4) is 0 Å². The van der Waals surface area contributed by atoms with Gasteiger partial charge in [-0.05, 0) is 11.6 Å². The molecule has 0 radical (unpaired) electrons. The molecule has 80 valence electrons. The zero-order valence-corrected chi connectivity index (χ0v) is 8.58. The second kappa shape index (κ2) is 3.96. The lowest BCUT2D eigenvalue weighted by molar-refractivity contribution is 0.0788. The number of halogens is 4. The van der Waals surface area contributed by atoms with Crippen molar-refractivity contribution >= 4 is 24.0 Å². The quantitative estimate of drug-likeness (QED) is 0.753. The molecule has 0 amide bonds. The van der Waals surface area contributed by atoms with Gasteiger partial charge in [-0.1, -0.05) is 0 Å². The summed E-state index contributed by atoms with van der Waals surface area (Å²) in [6.07, 6.45) is 0. The van der Waals surface area contributed by atoms with Gasteiger partial charge in [-0.15, -0.1) is 22.6 Å². The summed E-state index contributed by atoms with van der Waals surface area (Å²) in [5.74, 6) is 0.0345. The maximum absolute atomic E-state index is 12.7. The van der Waals surface area contributed by atoms with Crippen LogP contribution in [0.1, 0.15) is 11.6 Å². The highest BCUT2D eigenvalue weighted by Crippen LogP contribution is 2.31. The minimum absolute atomic E-state index is 0. The molecule has 14 heavy (non-hydrogen) atoms. The number of hydrogen-bond acceptors (Lipinski definition) is 3. The molecule has 2 heterocycles. The normalized spacial score (nSPS) is 15.9.